The summed E-state index contributed by atoms with van der Waals surface area (Å²) < 4.78 is 5.39. The lowest BCUT2D eigenvalue weighted by atomic mass is 10.1. The topological polar surface area (TPSA) is 75.6 Å². The standard InChI is InChI=1S/C14H15NO4/c1-9(14(17)18)15-13(16)5-3-10-2-4-12-11(8-10)6-7-19-12/h2-5,8-9H,6-7H2,1H3,(H,15,16)(H,17,18)/b5-3+/t9-/m0/s1. The second-order valence-electron chi connectivity index (χ2n) is 4.37. The number of rotatable bonds is 4. The fraction of sp³-hybridized carbons (Fsp3) is 0.286. The Balaban J connectivity index is 1.98. The molecular weight excluding hydrogens is 246 g/mol. The maximum Gasteiger partial charge on any atom is 0.325 e. The van der Waals surface area contributed by atoms with Crippen LogP contribution in [0.1, 0.15) is 18.1 Å². The Bertz CT molecular complexity index is 536. The molecule has 0 aromatic heterocycles. The van der Waals surface area contributed by atoms with E-state index < -0.39 is 17.9 Å². The zero-order chi connectivity index (χ0) is 13.8. The summed E-state index contributed by atoms with van der Waals surface area (Å²) in [5.74, 6) is -0.593. The predicted molar refractivity (Wildman–Crippen MR) is 69.9 cm³/mol. The lowest BCUT2D eigenvalue weighted by Gasteiger charge is -2.06. The fourth-order valence-electron chi connectivity index (χ4n) is 1.81. The minimum Gasteiger partial charge on any atom is -0.493 e. The summed E-state index contributed by atoms with van der Waals surface area (Å²) in [4.78, 5) is 22.1. The molecule has 2 N–H and O–H groups in total. The van der Waals surface area contributed by atoms with Crippen LogP contribution in [-0.4, -0.2) is 29.6 Å². The number of nitrogens with one attached hydrogen (secondary N) is 1. The molecule has 1 aliphatic heterocycles. The molecule has 2 rings (SSSR count). The molecule has 0 bridgehead atoms. The van der Waals surface area contributed by atoms with Crippen LogP contribution in [0.25, 0.3) is 6.08 Å². The molecule has 5 nitrogen and oxygen atoms in total. The van der Waals surface area contributed by atoms with Gasteiger partial charge in [0.2, 0.25) is 5.91 Å². The number of fused-ring (bicyclic) bond motifs is 1. The molecule has 19 heavy (non-hydrogen) atoms. The average molecular weight is 261 g/mol. The molecule has 1 aliphatic rings. The molecular formula is C14H15NO4. The van der Waals surface area contributed by atoms with Gasteiger partial charge in [-0.05, 0) is 36.3 Å². The molecule has 0 saturated heterocycles. The second kappa shape index (κ2) is 5.56. The highest BCUT2D eigenvalue weighted by molar-refractivity contribution is 5.94. The average Bonchev–Trinajstić information content (AvgIpc) is 2.83. The summed E-state index contributed by atoms with van der Waals surface area (Å²) in [6.07, 6.45) is 3.86. The molecule has 0 aliphatic carbocycles. The van der Waals surface area contributed by atoms with Gasteiger partial charge in [-0.1, -0.05) is 6.07 Å². The Hall–Kier alpha value is -2.30. The first-order valence-corrected chi connectivity index (χ1v) is 6.03. The summed E-state index contributed by atoms with van der Waals surface area (Å²) in [6.45, 7) is 2.11. The van der Waals surface area contributed by atoms with E-state index in [4.69, 9.17) is 9.84 Å². The first kappa shape index (κ1) is 13.1. The van der Waals surface area contributed by atoms with Gasteiger partial charge in [0.1, 0.15) is 11.8 Å². The zero-order valence-corrected chi connectivity index (χ0v) is 10.6. The number of carboxylic acid groups (broad SMARTS) is 1. The van der Waals surface area contributed by atoms with E-state index in [2.05, 4.69) is 5.32 Å². The highest BCUT2D eigenvalue weighted by atomic mass is 16.5. The molecule has 5 heteroatoms. The Labute approximate surface area is 110 Å². The largest absolute Gasteiger partial charge is 0.493 e. The quantitative estimate of drug-likeness (QED) is 0.799. The molecule has 0 unspecified atom stereocenters. The number of hydrogen-bond acceptors (Lipinski definition) is 3. The summed E-state index contributed by atoms with van der Waals surface area (Å²) in [7, 11) is 0. The molecule has 100 valence electrons. The first-order chi connectivity index (χ1) is 9.06. The third kappa shape index (κ3) is 3.34. The van der Waals surface area contributed by atoms with E-state index in [1.165, 1.54) is 13.0 Å². The maximum absolute atomic E-state index is 11.5. The first-order valence-electron chi connectivity index (χ1n) is 6.03. The van der Waals surface area contributed by atoms with Crippen molar-refractivity contribution in [1.29, 1.82) is 0 Å². The van der Waals surface area contributed by atoms with Crippen LogP contribution in [0.4, 0.5) is 0 Å². The van der Waals surface area contributed by atoms with E-state index in [0.29, 0.717) is 6.61 Å². The van der Waals surface area contributed by atoms with Gasteiger partial charge >= 0.3 is 5.97 Å². The molecule has 0 spiro atoms. The van der Waals surface area contributed by atoms with Crippen LogP contribution < -0.4 is 10.1 Å². The Morgan fingerprint density at radius 2 is 2.26 bits per heavy atom. The number of amides is 1. The lowest BCUT2D eigenvalue weighted by Crippen LogP contribution is -2.37. The van der Waals surface area contributed by atoms with Crippen molar-refractivity contribution in [3.63, 3.8) is 0 Å². The van der Waals surface area contributed by atoms with Gasteiger partial charge in [-0.15, -0.1) is 0 Å². The van der Waals surface area contributed by atoms with Crippen LogP contribution in [0, 0.1) is 0 Å². The third-order valence-corrected chi connectivity index (χ3v) is 2.87. The number of benzene rings is 1. The number of carboxylic acids is 1. The molecule has 1 heterocycles. The SMILES string of the molecule is C[C@H](NC(=O)/C=C/c1ccc2c(c1)CCO2)C(=O)O. The van der Waals surface area contributed by atoms with Crippen LogP contribution >= 0.6 is 0 Å². The van der Waals surface area contributed by atoms with Gasteiger partial charge in [-0.2, -0.15) is 0 Å². The van der Waals surface area contributed by atoms with Crippen molar-refractivity contribution >= 4 is 18.0 Å². The number of aliphatic carboxylic acids is 1. The van der Waals surface area contributed by atoms with Gasteiger partial charge in [0.25, 0.3) is 0 Å². The van der Waals surface area contributed by atoms with Gasteiger partial charge in [-0.25, -0.2) is 0 Å². The smallest absolute Gasteiger partial charge is 0.325 e. The summed E-state index contributed by atoms with van der Waals surface area (Å²) >= 11 is 0. The Morgan fingerprint density at radius 1 is 1.47 bits per heavy atom. The molecule has 0 radical (unpaired) electrons. The van der Waals surface area contributed by atoms with E-state index in [1.807, 2.05) is 18.2 Å². The second-order valence-corrected chi connectivity index (χ2v) is 4.37. The van der Waals surface area contributed by atoms with Gasteiger partial charge in [-0.3, -0.25) is 9.59 Å². The van der Waals surface area contributed by atoms with Crippen molar-refractivity contribution in [1.82, 2.24) is 5.32 Å². The van der Waals surface area contributed by atoms with Crippen LogP contribution in [-0.2, 0) is 16.0 Å². The van der Waals surface area contributed by atoms with Crippen LogP contribution in [0.5, 0.6) is 5.75 Å². The third-order valence-electron chi connectivity index (χ3n) is 2.87. The molecule has 0 fully saturated rings. The van der Waals surface area contributed by atoms with E-state index in [0.717, 1.165) is 23.3 Å². The minimum absolute atomic E-state index is 0.424. The Kier molecular flexibility index (Phi) is 3.85. The molecule has 1 aromatic rings. The lowest BCUT2D eigenvalue weighted by molar-refractivity contribution is -0.140. The summed E-state index contributed by atoms with van der Waals surface area (Å²) in [5.41, 5.74) is 2.02. The maximum atomic E-state index is 11.5. The van der Waals surface area contributed by atoms with Gasteiger partial charge in [0, 0.05) is 12.5 Å². The van der Waals surface area contributed by atoms with Crippen molar-refractivity contribution in [3.05, 3.63) is 35.4 Å². The van der Waals surface area contributed by atoms with Crippen molar-refractivity contribution in [2.24, 2.45) is 0 Å². The minimum atomic E-state index is -1.06. The number of ether oxygens (including phenoxy) is 1. The molecule has 1 atom stereocenters. The van der Waals surface area contributed by atoms with Crippen LogP contribution in [0.3, 0.4) is 0 Å². The predicted octanol–water partition coefficient (Wildman–Crippen LogP) is 1.22. The number of carbonyl (C=O) groups is 2. The van der Waals surface area contributed by atoms with Crippen molar-refractivity contribution in [2.45, 2.75) is 19.4 Å². The van der Waals surface area contributed by atoms with Crippen molar-refractivity contribution in [2.75, 3.05) is 6.61 Å². The van der Waals surface area contributed by atoms with E-state index >= 15 is 0 Å². The monoisotopic (exact) mass is 261 g/mol. The van der Waals surface area contributed by atoms with E-state index in [1.54, 1.807) is 6.08 Å². The molecule has 1 aromatic carbocycles. The highest BCUT2D eigenvalue weighted by Gasteiger charge is 2.13. The number of carbonyl (C=O) groups excluding carboxylic acids is 1. The highest BCUT2D eigenvalue weighted by Crippen LogP contribution is 2.26. The van der Waals surface area contributed by atoms with Crippen LogP contribution in [0.2, 0.25) is 0 Å². The molecule has 1 amide bonds. The van der Waals surface area contributed by atoms with Crippen LogP contribution in [0.15, 0.2) is 24.3 Å². The van der Waals surface area contributed by atoms with Crippen molar-refractivity contribution < 1.29 is 19.4 Å². The normalized spacial score (nSPS) is 14.8. The Morgan fingerprint density at radius 3 is 3.00 bits per heavy atom. The summed E-state index contributed by atoms with van der Waals surface area (Å²) in [5, 5.41) is 11.0. The van der Waals surface area contributed by atoms with Gasteiger partial charge in [0.05, 0.1) is 6.61 Å². The van der Waals surface area contributed by atoms with E-state index in [-0.39, 0.29) is 0 Å². The fourth-order valence-corrected chi connectivity index (χ4v) is 1.81. The summed E-state index contributed by atoms with van der Waals surface area (Å²) in [6, 6.07) is 4.80. The van der Waals surface area contributed by atoms with E-state index in [9.17, 15) is 9.59 Å². The zero-order valence-electron chi connectivity index (χ0n) is 10.6. The number of hydrogen-bond donors (Lipinski definition) is 2. The van der Waals surface area contributed by atoms with Gasteiger partial charge in [0.15, 0.2) is 0 Å². The van der Waals surface area contributed by atoms with Crippen molar-refractivity contribution in [3.8, 4) is 5.75 Å². The van der Waals surface area contributed by atoms with Gasteiger partial charge < -0.3 is 15.2 Å². The molecule has 0 saturated carbocycles.